The van der Waals surface area contributed by atoms with E-state index in [9.17, 15) is 23.3 Å². The number of carbonyl (C=O) groups is 1. The third kappa shape index (κ3) is 3.62. The first-order chi connectivity index (χ1) is 8.66. The molecule has 106 valence electrons. The fourth-order valence-corrected chi connectivity index (χ4v) is 4.16. The average Bonchev–Trinajstić information content (AvgIpc) is 2.68. The normalized spacial score (nSPS) is 11.7. The van der Waals surface area contributed by atoms with Gasteiger partial charge in [0.2, 0.25) is 0 Å². The van der Waals surface area contributed by atoms with Crippen LogP contribution in [-0.4, -0.2) is 42.3 Å². The second-order valence-corrected chi connectivity index (χ2v) is 7.38. The van der Waals surface area contributed by atoms with Crippen LogP contribution in [0, 0.1) is 10.1 Å². The van der Waals surface area contributed by atoms with Crippen LogP contribution >= 0.6 is 22.9 Å². The van der Waals surface area contributed by atoms with Crippen molar-refractivity contribution in [3.05, 3.63) is 20.5 Å². The molecular weight excluding hydrogens is 320 g/mol. The molecular formula is C8H9ClN2O6S2. The second kappa shape index (κ2) is 5.82. The van der Waals surface area contributed by atoms with E-state index in [4.69, 9.17) is 16.7 Å². The first-order valence-electron chi connectivity index (χ1n) is 4.78. The van der Waals surface area contributed by atoms with E-state index in [0.29, 0.717) is 11.3 Å². The number of carboxylic acids is 1. The SMILES string of the molecule is CN(CCC(=O)O)S(=O)(=O)c1cc([N+](=O)[O-])c(Cl)s1. The van der Waals surface area contributed by atoms with Crippen molar-refractivity contribution in [2.45, 2.75) is 10.6 Å². The molecule has 11 heteroatoms. The van der Waals surface area contributed by atoms with Crippen molar-refractivity contribution in [2.75, 3.05) is 13.6 Å². The Kier molecular flexibility index (Phi) is 4.85. The van der Waals surface area contributed by atoms with Crippen LogP contribution in [0.2, 0.25) is 4.34 Å². The monoisotopic (exact) mass is 328 g/mol. The number of hydrogen-bond donors (Lipinski definition) is 1. The molecule has 0 saturated heterocycles. The van der Waals surface area contributed by atoms with E-state index >= 15 is 0 Å². The zero-order chi connectivity index (χ0) is 14.8. The van der Waals surface area contributed by atoms with Crippen LogP contribution in [-0.2, 0) is 14.8 Å². The molecule has 0 radical (unpaired) electrons. The molecule has 0 fully saturated rings. The van der Waals surface area contributed by atoms with Crippen molar-refractivity contribution >= 4 is 44.6 Å². The highest BCUT2D eigenvalue weighted by Crippen LogP contribution is 2.37. The van der Waals surface area contributed by atoms with Gasteiger partial charge in [-0.05, 0) is 0 Å². The largest absolute Gasteiger partial charge is 0.481 e. The molecule has 0 spiro atoms. The lowest BCUT2D eigenvalue weighted by molar-refractivity contribution is -0.384. The lowest BCUT2D eigenvalue weighted by atomic mass is 10.4. The Morgan fingerprint density at radius 3 is 2.63 bits per heavy atom. The third-order valence-corrected chi connectivity index (χ3v) is 5.79. The maximum absolute atomic E-state index is 12.0. The minimum absolute atomic E-state index is 0.235. The Labute approximate surface area is 117 Å². The van der Waals surface area contributed by atoms with Crippen LogP contribution in [0.15, 0.2) is 10.3 Å². The molecule has 1 N–H and O–H groups in total. The highest BCUT2D eigenvalue weighted by atomic mass is 35.5. The zero-order valence-electron chi connectivity index (χ0n) is 9.57. The van der Waals surface area contributed by atoms with Crippen LogP contribution in [0.1, 0.15) is 6.42 Å². The van der Waals surface area contributed by atoms with Gasteiger partial charge in [0.25, 0.3) is 15.7 Å². The number of rotatable bonds is 6. The fraction of sp³-hybridized carbons (Fsp3) is 0.375. The second-order valence-electron chi connectivity index (χ2n) is 3.45. The number of hydrogen-bond acceptors (Lipinski definition) is 6. The van der Waals surface area contributed by atoms with E-state index in [1.807, 2.05) is 0 Å². The summed E-state index contributed by atoms with van der Waals surface area (Å²) >= 11 is 6.14. The predicted octanol–water partition coefficient (Wildman–Crippen LogP) is 1.40. The van der Waals surface area contributed by atoms with Crippen molar-refractivity contribution in [1.82, 2.24) is 4.31 Å². The average molecular weight is 329 g/mol. The summed E-state index contributed by atoms with van der Waals surface area (Å²) in [5, 5.41) is 19.1. The Balaban J connectivity index is 3.03. The number of sulfonamides is 1. The lowest BCUT2D eigenvalue weighted by Crippen LogP contribution is -2.28. The summed E-state index contributed by atoms with van der Waals surface area (Å²) < 4.78 is 24.3. The Morgan fingerprint density at radius 1 is 1.63 bits per heavy atom. The van der Waals surface area contributed by atoms with Gasteiger partial charge in [-0.3, -0.25) is 14.9 Å². The van der Waals surface area contributed by atoms with Gasteiger partial charge in [-0.25, -0.2) is 8.42 Å². The lowest BCUT2D eigenvalue weighted by Gasteiger charge is -2.14. The van der Waals surface area contributed by atoms with Gasteiger partial charge < -0.3 is 5.11 Å². The standard InChI is InChI=1S/C8H9ClN2O6S2/c1-10(3-2-6(12)13)19(16,17)7-4-5(11(14)15)8(9)18-7/h4H,2-3H2,1H3,(H,12,13). The van der Waals surface area contributed by atoms with Gasteiger partial charge in [-0.1, -0.05) is 11.6 Å². The predicted molar refractivity (Wildman–Crippen MR) is 68.1 cm³/mol. The maximum atomic E-state index is 12.0. The fourth-order valence-electron chi connectivity index (χ4n) is 1.12. The van der Waals surface area contributed by atoms with Gasteiger partial charge in [0.15, 0.2) is 4.34 Å². The first-order valence-corrected chi connectivity index (χ1v) is 7.41. The molecule has 1 heterocycles. The van der Waals surface area contributed by atoms with Gasteiger partial charge in [0.05, 0.1) is 11.3 Å². The van der Waals surface area contributed by atoms with E-state index in [-0.39, 0.29) is 21.5 Å². The summed E-state index contributed by atoms with van der Waals surface area (Å²) in [6.07, 6.45) is -0.364. The smallest absolute Gasteiger partial charge is 0.304 e. The summed E-state index contributed by atoms with van der Waals surface area (Å²) in [5.41, 5.74) is -0.489. The molecule has 0 atom stereocenters. The molecule has 0 unspecified atom stereocenters. The van der Waals surface area contributed by atoms with Crippen LogP contribution in [0.25, 0.3) is 0 Å². The molecule has 0 aliphatic rings. The Hall–Kier alpha value is -1.23. The van der Waals surface area contributed by atoms with E-state index in [2.05, 4.69) is 0 Å². The van der Waals surface area contributed by atoms with Crippen molar-refractivity contribution in [2.24, 2.45) is 0 Å². The molecule has 0 bridgehead atoms. The van der Waals surface area contributed by atoms with E-state index in [1.165, 1.54) is 7.05 Å². The number of carboxylic acid groups (broad SMARTS) is 1. The minimum Gasteiger partial charge on any atom is -0.481 e. The van der Waals surface area contributed by atoms with Crippen LogP contribution in [0.4, 0.5) is 5.69 Å². The molecule has 1 aromatic rings. The number of halogens is 1. The molecule has 1 aromatic heterocycles. The number of nitro groups is 1. The molecule has 0 amide bonds. The summed E-state index contributed by atoms with van der Waals surface area (Å²) in [7, 11) is -2.78. The van der Waals surface area contributed by atoms with Crippen LogP contribution < -0.4 is 0 Å². The van der Waals surface area contributed by atoms with E-state index in [0.717, 1.165) is 10.4 Å². The highest BCUT2D eigenvalue weighted by molar-refractivity contribution is 7.91. The summed E-state index contributed by atoms with van der Waals surface area (Å²) in [6.45, 7) is -0.235. The first kappa shape index (κ1) is 15.8. The summed E-state index contributed by atoms with van der Waals surface area (Å²) in [5.74, 6) is -1.14. The molecule has 1 rings (SSSR count). The third-order valence-electron chi connectivity index (χ3n) is 2.15. The van der Waals surface area contributed by atoms with E-state index in [1.54, 1.807) is 0 Å². The maximum Gasteiger partial charge on any atom is 0.304 e. The minimum atomic E-state index is -3.97. The molecule has 0 aliphatic carbocycles. The van der Waals surface area contributed by atoms with E-state index < -0.39 is 26.6 Å². The number of nitrogens with zero attached hydrogens (tertiary/aromatic N) is 2. The molecule has 8 nitrogen and oxygen atoms in total. The molecule has 0 saturated carbocycles. The topological polar surface area (TPSA) is 118 Å². The Morgan fingerprint density at radius 2 is 2.21 bits per heavy atom. The van der Waals surface area contributed by atoms with Gasteiger partial charge in [-0.2, -0.15) is 4.31 Å². The zero-order valence-corrected chi connectivity index (χ0v) is 12.0. The van der Waals surface area contributed by atoms with Crippen molar-refractivity contribution in [1.29, 1.82) is 0 Å². The summed E-state index contributed by atoms with van der Waals surface area (Å²) in [4.78, 5) is 20.2. The van der Waals surface area contributed by atoms with Gasteiger partial charge >= 0.3 is 5.97 Å². The van der Waals surface area contributed by atoms with Gasteiger partial charge in [0, 0.05) is 19.7 Å². The van der Waals surface area contributed by atoms with Crippen molar-refractivity contribution < 1.29 is 23.2 Å². The van der Waals surface area contributed by atoms with Crippen molar-refractivity contribution in [3.8, 4) is 0 Å². The number of aliphatic carboxylic acids is 1. The molecule has 0 aliphatic heterocycles. The quantitative estimate of drug-likeness (QED) is 0.623. The summed E-state index contributed by atoms with van der Waals surface area (Å²) in [6, 6.07) is 0.861. The highest BCUT2D eigenvalue weighted by Gasteiger charge is 2.28. The van der Waals surface area contributed by atoms with Crippen molar-refractivity contribution in [3.63, 3.8) is 0 Å². The van der Waals surface area contributed by atoms with Gasteiger partial charge in [-0.15, -0.1) is 11.3 Å². The molecule has 19 heavy (non-hydrogen) atoms. The van der Waals surface area contributed by atoms with Gasteiger partial charge in [0.1, 0.15) is 4.21 Å². The number of thiophene rings is 1. The Bertz CT molecular complexity index is 611. The van der Waals surface area contributed by atoms with Crippen LogP contribution in [0.5, 0.6) is 0 Å². The molecule has 0 aromatic carbocycles. The van der Waals surface area contributed by atoms with Crippen LogP contribution in [0.3, 0.4) is 0 Å².